The molecule has 0 unspecified atom stereocenters. The second kappa shape index (κ2) is 5.80. The minimum absolute atomic E-state index is 0.0269. The Labute approximate surface area is 145 Å². The third kappa shape index (κ3) is 2.66. The summed E-state index contributed by atoms with van der Waals surface area (Å²) < 4.78 is 28.6. The van der Waals surface area contributed by atoms with E-state index in [0.717, 1.165) is 17.7 Å². The van der Waals surface area contributed by atoms with Crippen molar-refractivity contribution in [2.24, 2.45) is 0 Å². The van der Waals surface area contributed by atoms with Gasteiger partial charge in [0.25, 0.3) is 0 Å². The Kier molecular flexibility index (Phi) is 3.71. The van der Waals surface area contributed by atoms with E-state index in [2.05, 4.69) is 10.6 Å². The first-order valence-electron chi connectivity index (χ1n) is 8.24. The van der Waals surface area contributed by atoms with Crippen LogP contribution in [0.1, 0.15) is 12.8 Å². The van der Waals surface area contributed by atoms with Gasteiger partial charge >= 0.3 is 22.3 Å². The van der Waals surface area contributed by atoms with Crippen molar-refractivity contribution in [1.29, 1.82) is 0 Å². The predicted octanol–water partition coefficient (Wildman–Crippen LogP) is 0.455. The lowest BCUT2D eigenvalue weighted by Crippen LogP contribution is -2.46. The molecule has 2 heterocycles. The maximum absolute atomic E-state index is 12.9. The first-order valence-corrected chi connectivity index (χ1v) is 9.64. The Morgan fingerprint density at radius 2 is 1.96 bits per heavy atom. The van der Waals surface area contributed by atoms with Crippen molar-refractivity contribution in [2.45, 2.75) is 18.9 Å². The number of hydrogen-bond donors (Lipinski definition) is 2. The number of imide groups is 1. The van der Waals surface area contributed by atoms with E-state index in [0.29, 0.717) is 24.5 Å². The molecule has 1 aliphatic carbocycles. The molecule has 4 amide bonds. The second-order valence-corrected chi connectivity index (χ2v) is 7.94. The molecule has 25 heavy (non-hydrogen) atoms. The van der Waals surface area contributed by atoms with Crippen LogP contribution in [0, 0.1) is 0 Å². The number of amides is 4. The number of hydrogen-bond acceptors (Lipinski definition) is 4. The Bertz CT molecular complexity index is 823. The number of rotatable bonds is 4. The molecule has 1 saturated heterocycles. The number of nitrogens with one attached hydrogen (secondary N) is 2. The van der Waals surface area contributed by atoms with Crippen molar-refractivity contribution < 1.29 is 18.0 Å². The molecule has 0 spiro atoms. The minimum atomic E-state index is -3.63. The van der Waals surface area contributed by atoms with E-state index in [-0.39, 0.29) is 19.1 Å². The fourth-order valence-corrected chi connectivity index (χ4v) is 5.10. The van der Waals surface area contributed by atoms with Crippen LogP contribution in [0.5, 0.6) is 0 Å². The number of fused-ring (bicyclic) bond motifs is 1. The van der Waals surface area contributed by atoms with Gasteiger partial charge in [-0.1, -0.05) is 12.1 Å². The molecule has 9 nitrogen and oxygen atoms in total. The molecule has 0 aromatic heterocycles. The van der Waals surface area contributed by atoms with Gasteiger partial charge in [-0.15, -0.1) is 0 Å². The molecule has 10 heteroatoms. The number of carbonyl (C=O) groups is 2. The van der Waals surface area contributed by atoms with Crippen molar-refractivity contribution in [3.63, 3.8) is 0 Å². The average molecular weight is 365 g/mol. The van der Waals surface area contributed by atoms with Crippen molar-refractivity contribution >= 4 is 33.6 Å². The maximum atomic E-state index is 12.9. The summed E-state index contributed by atoms with van der Waals surface area (Å²) in [5.74, 6) is 0. The van der Waals surface area contributed by atoms with Crippen molar-refractivity contribution in [3.8, 4) is 0 Å². The summed E-state index contributed by atoms with van der Waals surface area (Å²) in [6.07, 6.45) is 1.73. The standard InChI is InChI=1S/C15H19N5O4S/c21-14-16-7-9-18(14)15(22)17-8-10-19-12-3-1-2-4-13(12)20(11-5-6-11)25(19,23)24/h1-4,11H,5-10H2,(H,16,21)(H,17,22). The Hall–Kier alpha value is -2.49. The van der Waals surface area contributed by atoms with E-state index in [1.165, 1.54) is 8.61 Å². The van der Waals surface area contributed by atoms with Crippen LogP contribution in [0.15, 0.2) is 24.3 Å². The van der Waals surface area contributed by atoms with Crippen LogP contribution in [0.2, 0.25) is 0 Å². The fraction of sp³-hybridized carbons (Fsp3) is 0.467. The van der Waals surface area contributed by atoms with E-state index < -0.39 is 22.3 Å². The van der Waals surface area contributed by atoms with Gasteiger partial charge in [0.2, 0.25) is 0 Å². The zero-order chi connectivity index (χ0) is 17.6. The number of carbonyl (C=O) groups excluding carboxylic acids is 2. The van der Waals surface area contributed by atoms with Crippen LogP contribution < -0.4 is 19.2 Å². The van der Waals surface area contributed by atoms with Gasteiger partial charge in [0.05, 0.1) is 17.9 Å². The first-order chi connectivity index (χ1) is 12.0. The Balaban J connectivity index is 1.47. The van der Waals surface area contributed by atoms with Gasteiger partial charge in [0.1, 0.15) is 0 Å². The van der Waals surface area contributed by atoms with Crippen molar-refractivity contribution in [3.05, 3.63) is 24.3 Å². The van der Waals surface area contributed by atoms with Crippen LogP contribution in [-0.4, -0.2) is 57.6 Å². The van der Waals surface area contributed by atoms with Crippen LogP contribution in [0.25, 0.3) is 0 Å². The summed E-state index contributed by atoms with van der Waals surface area (Å²) in [4.78, 5) is 24.5. The smallest absolute Gasteiger partial charge is 0.326 e. The number of para-hydroxylation sites is 2. The largest absolute Gasteiger partial charge is 0.336 e. The highest BCUT2D eigenvalue weighted by atomic mass is 32.2. The molecule has 1 saturated carbocycles. The lowest BCUT2D eigenvalue weighted by molar-refractivity contribution is 0.199. The molecule has 2 N–H and O–H groups in total. The summed E-state index contributed by atoms with van der Waals surface area (Å²) in [7, 11) is -3.63. The summed E-state index contributed by atoms with van der Waals surface area (Å²) in [5, 5.41) is 5.16. The van der Waals surface area contributed by atoms with Crippen molar-refractivity contribution in [1.82, 2.24) is 15.5 Å². The number of anilines is 2. The predicted molar refractivity (Wildman–Crippen MR) is 91.7 cm³/mol. The third-order valence-corrected chi connectivity index (χ3v) is 6.41. The molecule has 2 aliphatic heterocycles. The SMILES string of the molecule is O=C1NCCN1C(=O)NCCN1c2ccccc2N(C2CC2)S1(=O)=O. The summed E-state index contributed by atoms with van der Waals surface area (Å²) in [6, 6.07) is 6.27. The fourth-order valence-electron chi connectivity index (χ4n) is 3.17. The summed E-state index contributed by atoms with van der Waals surface area (Å²) >= 11 is 0. The van der Waals surface area contributed by atoms with Crippen LogP contribution in [0.3, 0.4) is 0 Å². The van der Waals surface area contributed by atoms with Gasteiger partial charge in [0, 0.05) is 25.7 Å². The average Bonchev–Trinajstić information content (AvgIpc) is 3.26. The molecule has 0 radical (unpaired) electrons. The minimum Gasteiger partial charge on any atom is -0.336 e. The van der Waals surface area contributed by atoms with E-state index in [1.54, 1.807) is 18.2 Å². The Morgan fingerprint density at radius 3 is 2.60 bits per heavy atom. The van der Waals surface area contributed by atoms with E-state index in [9.17, 15) is 18.0 Å². The van der Waals surface area contributed by atoms with Crippen LogP contribution >= 0.6 is 0 Å². The van der Waals surface area contributed by atoms with Gasteiger partial charge in [-0.25, -0.2) is 23.1 Å². The highest BCUT2D eigenvalue weighted by Crippen LogP contribution is 2.46. The molecule has 134 valence electrons. The molecule has 1 aromatic rings. The number of nitrogens with zero attached hydrogens (tertiary/aromatic N) is 3. The molecule has 4 rings (SSSR count). The summed E-state index contributed by atoms with van der Waals surface area (Å²) in [6.45, 7) is 0.972. The molecular formula is C15H19N5O4S. The van der Waals surface area contributed by atoms with E-state index >= 15 is 0 Å². The van der Waals surface area contributed by atoms with E-state index in [4.69, 9.17) is 0 Å². The third-order valence-electron chi connectivity index (χ3n) is 4.49. The van der Waals surface area contributed by atoms with Gasteiger partial charge in [-0.05, 0) is 25.0 Å². The molecule has 1 aromatic carbocycles. The zero-order valence-corrected chi connectivity index (χ0v) is 14.3. The maximum Gasteiger partial charge on any atom is 0.326 e. The molecule has 0 bridgehead atoms. The number of urea groups is 2. The highest BCUT2D eigenvalue weighted by molar-refractivity contribution is 7.94. The molecule has 2 fully saturated rings. The lowest BCUT2D eigenvalue weighted by atomic mass is 10.2. The van der Waals surface area contributed by atoms with Crippen molar-refractivity contribution in [2.75, 3.05) is 34.8 Å². The summed E-state index contributed by atoms with van der Waals surface area (Å²) in [5.41, 5.74) is 1.32. The molecular weight excluding hydrogens is 346 g/mol. The van der Waals surface area contributed by atoms with E-state index in [1.807, 2.05) is 6.07 Å². The van der Waals surface area contributed by atoms with Gasteiger partial charge < -0.3 is 10.6 Å². The number of benzene rings is 1. The normalized spacial score (nSPS) is 21.3. The van der Waals surface area contributed by atoms with Gasteiger partial charge in [-0.2, -0.15) is 8.42 Å². The Morgan fingerprint density at radius 1 is 1.24 bits per heavy atom. The van der Waals surface area contributed by atoms with Crippen LogP contribution in [0.4, 0.5) is 21.0 Å². The topological polar surface area (TPSA) is 102 Å². The van der Waals surface area contributed by atoms with Crippen LogP contribution in [-0.2, 0) is 10.2 Å². The highest BCUT2D eigenvalue weighted by Gasteiger charge is 2.47. The van der Waals surface area contributed by atoms with Gasteiger partial charge in [-0.3, -0.25) is 0 Å². The molecule has 3 aliphatic rings. The monoisotopic (exact) mass is 365 g/mol. The second-order valence-electron chi connectivity index (χ2n) is 6.21. The quantitative estimate of drug-likeness (QED) is 0.809. The molecule has 0 atom stereocenters. The first kappa shape index (κ1) is 16.0. The zero-order valence-electron chi connectivity index (χ0n) is 13.5. The lowest BCUT2D eigenvalue weighted by Gasteiger charge is -2.22. The van der Waals surface area contributed by atoms with Gasteiger partial charge in [0.15, 0.2) is 0 Å².